The molecule has 2 heterocycles. The number of nitrogens with zero attached hydrogens (tertiary/aromatic N) is 3. The summed E-state index contributed by atoms with van der Waals surface area (Å²) in [6.07, 6.45) is 3.50. The molecule has 2 N–H and O–H groups in total. The number of halogens is 1. The fourth-order valence-corrected chi connectivity index (χ4v) is 2.48. The van der Waals surface area contributed by atoms with Gasteiger partial charge in [-0.25, -0.2) is 4.98 Å². The fraction of sp³-hybridized carbons (Fsp3) is 0.211. The van der Waals surface area contributed by atoms with Crippen molar-refractivity contribution in [2.45, 2.75) is 26.3 Å². The molecule has 3 aromatic rings. The summed E-state index contributed by atoms with van der Waals surface area (Å²) >= 11 is 6.06. The van der Waals surface area contributed by atoms with E-state index in [1.807, 2.05) is 42.5 Å². The first kappa shape index (κ1) is 17.2. The topological polar surface area (TPSA) is 62.7 Å². The number of pyridine rings is 1. The maximum absolute atomic E-state index is 6.06. The lowest BCUT2D eigenvalue weighted by atomic mass is 10.1. The molecule has 0 aliphatic heterocycles. The molecule has 0 radical (unpaired) electrons. The molecule has 0 amide bonds. The first-order valence-electron chi connectivity index (χ1n) is 7.99. The number of benzene rings is 1. The molecule has 1 aromatic carbocycles. The normalized spacial score (nSPS) is 11.2. The number of aromatic nitrogens is 3. The predicted molar refractivity (Wildman–Crippen MR) is 103 cm³/mol. The molecule has 0 bridgehead atoms. The number of hydrogen-bond donors (Lipinski definition) is 2. The minimum atomic E-state index is -0.149. The van der Waals surface area contributed by atoms with Crippen molar-refractivity contribution in [1.82, 2.24) is 15.0 Å². The summed E-state index contributed by atoms with van der Waals surface area (Å²) in [5.74, 6) is 1.25. The Labute approximate surface area is 152 Å². The van der Waals surface area contributed by atoms with Crippen molar-refractivity contribution in [3.05, 3.63) is 59.9 Å². The molecule has 128 valence electrons. The maximum atomic E-state index is 6.06. The Morgan fingerprint density at radius 2 is 1.72 bits per heavy atom. The Bertz CT molecular complexity index is 859. The number of nitrogens with one attached hydrogen (secondary N) is 2. The molecule has 0 aliphatic rings. The Hall–Kier alpha value is -2.66. The van der Waals surface area contributed by atoms with Crippen molar-refractivity contribution in [2.24, 2.45) is 0 Å². The molecule has 0 spiro atoms. The summed E-state index contributed by atoms with van der Waals surface area (Å²) in [5, 5.41) is 7.28. The lowest BCUT2D eigenvalue weighted by Crippen LogP contribution is -2.27. The average molecular weight is 354 g/mol. The molecular weight excluding hydrogens is 334 g/mol. The first-order valence-corrected chi connectivity index (χ1v) is 8.37. The molecule has 0 aliphatic carbocycles. The van der Waals surface area contributed by atoms with E-state index in [2.05, 4.69) is 46.4 Å². The van der Waals surface area contributed by atoms with Crippen molar-refractivity contribution >= 4 is 29.1 Å². The third-order valence-corrected chi connectivity index (χ3v) is 3.52. The molecule has 3 rings (SSSR count). The summed E-state index contributed by atoms with van der Waals surface area (Å²) < 4.78 is 0. The van der Waals surface area contributed by atoms with Gasteiger partial charge >= 0.3 is 0 Å². The van der Waals surface area contributed by atoms with Gasteiger partial charge in [-0.05, 0) is 51.1 Å². The lowest BCUT2D eigenvalue weighted by Gasteiger charge is -2.21. The highest BCUT2D eigenvalue weighted by molar-refractivity contribution is 6.30. The summed E-state index contributed by atoms with van der Waals surface area (Å²) in [7, 11) is 0. The zero-order chi connectivity index (χ0) is 17.9. The second-order valence-corrected chi connectivity index (χ2v) is 7.14. The Morgan fingerprint density at radius 1 is 0.960 bits per heavy atom. The van der Waals surface area contributed by atoms with Gasteiger partial charge in [-0.1, -0.05) is 17.7 Å². The Morgan fingerprint density at radius 3 is 2.40 bits per heavy atom. The number of rotatable bonds is 4. The quantitative estimate of drug-likeness (QED) is 0.679. The molecule has 0 saturated heterocycles. The highest BCUT2D eigenvalue weighted by atomic mass is 35.5. The van der Waals surface area contributed by atoms with E-state index < -0.39 is 0 Å². The standard InChI is InChI=1S/C19H20ClN5/c1-19(2,3)25-18-23-16(13-7-9-21-10-8-13)12-17(24-18)22-15-6-4-5-14(20)11-15/h4-12H,1-3H3,(H2,22,23,24,25). The van der Waals surface area contributed by atoms with Crippen LogP contribution in [0.2, 0.25) is 5.02 Å². The van der Waals surface area contributed by atoms with Crippen molar-refractivity contribution < 1.29 is 0 Å². The highest BCUT2D eigenvalue weighted by Crippen LogP contribution is 2.25. The predicted octanol–water partition coefficient (Wildman–Crippen LogP) is 5.15. The van der Waals surface area contributed by atoms with Crippen LogP contribution in [-0.4, -0.2) is 20.5 Å². The molecule has 25 heavy (non-hydrogen) atoms. The van der Waals surface area contributed by atoms with E-state index in [1.54, 1.807) is 12.4 Å². The van der Waals surface area contributed by atoms with Crippen LogP contribution in [0.1, 0.15) is 20.8 Å². The summed E-state index contributed by atoms with van der Waals surface area (Å²) in [6, 6.07) is 13.3. The van der Waals surface area contributed by atoms with Crippen LogP contribution in [0.5, 0.6) is 0 Å². The zero-order valence-corrected chi connectivity index (χ0v) is 15.2. The minimum absolute atomic E-state index is 0.149. The molecule has 6 heteroatoms. The smallest absolute Gasteiger partial charge is 0.225 e. The van der Waals surface area contributed by atoms with Crippen LogP contribution >= 0.6 is 11.6 Å². The minimum Gasteiger partial charge on any atom is -0.350 e. The Kier molecular flexibility index (Phi) is 4.86. The maximum Gasteiger partial charge on any atom is 0.225 e. The van der Waals surface area contributed by atoms with Gasteiger partial charge in [-0.3, -0.25) is 4.98 Å². The van der Waals surface area contributed by atoms with Crippen molar-refractivity contribution in [1.29, 1.82) is 0 Å². The van der Waals surface area contributed by atoms with Crippen molar-refractivity contribution in [3.8, 4) is 11.3 Å². The fourth-order valence-electron chi connectivity index (χ4n) is 2.29. The highest BCUT2D eigenvalue weighted by Gasteiger charge is 2.14. The molecule has 0 fully saturated rings. The van der Waals surface area contributed by atoms with E-state index >= 15 is 0 Å². The molecule has 0 atom stereocenters. The van der Waals surface area contributed by atoms with E-state index in [1.165, 1.54) is 0 Å². The van der Waals surface area contributed by atoms with E-state index in [4.69, 9.17) is 11.6 Å². The van der Waals surface area contributed by atoms with Crippen molar-refractivity contribution in [2.75, 3.05) is 10.6 Å². The van der Waals surface area contributed by atoms with Crippen LogP contribution in [0.4, 0.5) is 17.5 Å². The van der Waals surface area contributed by atoms with E-state index in [0.29, 0.717) is 16.8 Å². The van der Waals surface area contributed by atoms with Crippen LogP contribution in [0, 0.1) is 0 Å². The molecular formula is C19H20ClN5. The van der Waals surface area contributed by atoms with Gasteiger partial charge in [0.05, 0.1) is 5.69 Å². The summed E-state index contributed by atoms with van der Waals surface area (Å²) in [5.41, 5.74) is 2.51. The molecule has 0 unspecified atom stereocenters. The van der Waals surface area contributed by atoms with E-state index in [9.17, 15) is 0 Å². The third kappa shape index (κ3) is 4.90. The molecule has 2 aromatic heterocycles. The van der Waals surface area contributed by atoms with Crippen molar-refractivity contribution in [3.63, 3.8) is 0 Å². The van der Waals surface area contributed by atoms with Gasteiger partial charge in [0.15, 0.2) is 0 Å². The van der Waals surface area contributed by atoms with Gasteiger partial charge in [-0.15, -0.1) is 0 Å². The molecule has 5 nitrogen and oxygen atoms in total. The number of hydrogen-bond acceptors (Lipinski definition) is 5. The van der Waals surface area contributed by atoms with Crippen LogP contribution in [0.15, 0.2) is 54.9 Å². The van der Waals surface area contributed by atoms with Crippen LogP contribution in [0.25, 0.3) is 11.3 Å². The van der Waals surface area contributed by atoms with Gasteiger partial charge in [0.1, 0.15) is 5.82 Å². The summed E-state index contributed by atoms with van der Waals surface area (Å²) in [6.45, 7) is 6.21. The lowest BCUT2D eigenvalue weighted by molar-refractivity contribution is 0.626. The Balaban J connectivity index is 2.00. The van der Waals surface area contributed by atoms with E-state index in [0.717, 1.165) is 16.9 Å². The van der Waals surface area contributed by atoms with Crippen LogP contribution in [0.3, 0.4) is 0 Å². The van der Waals surface area contributed by atoms with Gasteiger partial charge in [0.2, 0.25) is 5.95 Å². The zero-order valence-electron chi connectivity index (χ0n) is 14.4. The van der Waals surface area contributed by atoms with Crippen LogP contribution < -0.4 is 10.6 Å². The monoisotopic (exact) mass is 353 g/mol. The SMILES string of the molecule is CC(C)(C)Nc1nc(Nc2cccc(Cl)c2)cc(-c2ccncc2)n1. The second kappa shape index (κ2) is 7.07. The van der Waals surface area contributed by atoms with Crippen LogP contribution in [-0.2, 0) is 0 Å². The van der Waals surface area contributed by atoms with Gasteiger partial charge in [0.25, 0.3) is 0 Å². The van der Waals surface area contributed by atoms with Gasteiger partial charge in [-0.2, -0.15) is 4.98 Å². The average Bonchev–Trinajstić information content (AvgIpc) is 2.54. The number of anilines is 3. The summed E-state index contributed by atoms with van der Waals surface area (Å²) in [4.78, 5) is 13.3. The second-order valence-electron chi connectivity index (χ2n) is 6.71. The van der Waals surface area contributed by atoms with E-state index in [-0.39, 0.29) is 5.54 Å². The third-order valence-electron chi connectivity index (χ3n) is 3.29. The first-order chi connectivity index (χ1) is 11.9. The van der Waals surface area contributed by atoms with Gasteiger partial charge < -0.3 is 10.6 Å². The molecule has 0 saturated carbocycles. The largest absolute Gasteiger partial charge is 0.350 e. The van der Waals surface area contributed by atoms with Gasteiger partial charge in [0, 0.05) is 40.3 Å².